The van der Waals surface area contributed by atoms with Crippen LogP contribution in [0.5, 0.6) is 0 Å². The topological polar surface area (TPSA) is 0 Å². The molecule has 0 heterocycles. The van der Waals surface area contributed by atoms with Gasteiger partial charge in [0.2, 0.25) is 0 Å². The number of rotatable bonds is 1. The minimum atomic E-state index is 1.05. The maximum Gasteiger partial charge on any atom is -0.000729 e. The van der Waals surface area contributed by atoms with E-state index in [0.717, 1.165) is 12.8 Å². The van der Waals surface area contributed by atoms with Crippen molar-refractivity contribution in [3.8, 4) is 33.4 Å². The molecule has 0 N–H and O–H groups in total. The second kappa shape index (κ2) is 11.6. The highest BCUT2D eigenvalue weighted by Gasteiger charge is 2.21. The summed E-state index contributed by atoms with van der Waals surface area (Å²) in [6.07, 6.45) is 2.16. The van der Waals surface area contributed by atoms with E-state index in [9.17, 15) is 0 Å². The maximum atomic E-state index is 2.24. The van der Waals surface area contributed by atoms with Crippen LogP contribution in [0.3, 0.4) is 0 Å². The van der Waals surface area contributed by atoms with Gasteiger partial charge in [-0.15, -0.1) is 0 Å². The van der Waals surface area contributed by atoms with Crippen LogP contribution in [0.1, 0.15) is 33.4 Å². The third-order valence-electron chi connectivity index (χ3n) is 7.96. The molecule has 6 aromatic rings. The van der Waals surface area contributed by atoms with Crippen molar-refractivity contribution in [1.82, 2.24) is 0 Å². The molecule has 2 aliphatic rings. The molecule has 0 unspecified atom stereocenters. The van der Waals surface area contributed by atoms with Crippen molar-refractivity contribution >= 4 is 0 Å². The summed E-state index contributed by atoms with van der Waals surface area (Å²) in [5, 5.41) is 0. The predicted molar refractivity (Wildman–Crippen MR) is 171 cm³/mol. The molecular formula is C40H34. The van der Waals surface area contributed by atoms with Crippen molar-refractivity contribution in [3.05, 3.63) is 179 Å². The monoisotopic (exact) mass is 514 g/mol. The van der Waals surface area contributed by atoms with Crippen molar-refractivity contribution in [2.75, 3.05) is 0 Å². The zero-order valence-corrected chi connectivity index (χ0v) is 23.3. The summed E-state index contributed by atoms with van der Waals surface area (Å²) in [6.45, 7) is 4.28. The van der Waals surface area contributed by atoms with Gasteiger partial charge in [0.1, 0.15) is 0 Å². The predicted octanol–water partition coefficient (Wildman–Crippen LogP) is 10.5. The van der Waals surface area contributed by atoms with E-state index < -0.39 is 0 Å². The lowest BCUT2D eigenvalue weighted by Crippen LogP contribution is -1.87. The summed E-state index contributed by atoms with van der Waals surface area (Å²) in [5.74, 6) is 0. The molecular weight excluding hydrogens is 480 g/mol. The van der Waals surface area contributed by atoms with Crippen LogP contribution >= 0.6 is 0 Å². The first-order valence-electron chi connectivity index (χ1n) is 14.1. The molecule has 2 aliphatic carbocycles. The van der Waals surface area contributed by atoms with Crippen molar-refractivity contribution in [3.63, 3.8) is 0 Å². The first-order chi connectivity index (χ1) is 19.7. The number of hydrogen-bond acceptors (Lipinski definition) is 0. The van der Waals surface area contributed by atoms with E-state index in [2.05, 4.69) is 141 Å². The fourth-order valence-electron chi connectivity index (χ4n) is 5.90. The number of benzene rings is 6. The molecule has 0 nitrogen and oxygen atoms in total. The van der Waals surface area contributed by atoms with Crippen molar-refractivity contribution in [1.29, 1.82) is 0 Å². The Labute approximate surface area is 238 Å². The Bertz CT molecular complexity index is 1740. The van der Waals surface area contributed by atoms with Gasteiger partial charge in [-0.05, 0) is 87.9 Å². The van der Waals surface area contributed by atoms with Crippen LogP contribution in [0.2, 0.25) is 0 Å². The smallest absolute Gasteiger partial charge is 0.000729 e. The first-order valence-corrected chi connectivity index (χ1v) is 14.1. The molecule has 6 aromatic carbocycles. The molecule has 0 aromatic heterocycles. The molecule has 0 atom stereocenters. The van der Waals surface area contributed by atoms with Crippen LogP contribution in [-0.4, -0.2) is 0 Å². The van der Waals surface area contributed by atoms with Crippen molar-refractivity contribution in [2.24, 2.45) is 0 Å². The van der Waals surface area contributed by atoms with Crippen molar-refractivity contribution in [2.45, 2.75) is 26.7 Å². The van der Waals surface area contributed by atoms with Crippen molar-refractivity contribution < 1.29 is 0 Å². The van der Waals surface area contributed by atoms with Gasteiger partial charge in [0.05, 0.1) is 0 Å². The summed E-state index contributed by atoms with van der Waals surface area (Å²) in [5.41, 5.74) is 17.0. The van der Waals surface area contributed by atoms with E-state index in [1.165, 1.54) is 66.8 Å². The highest BCUT2D eigenvalue weighted by atomic mass is 14.2. The maximum absolute atomic E-state index is 2.24. The molecule has 8 rings (SSSR count). The molecule has 0 aliphatic heterocycles. The Balaban J connectivity index is 0.000000121. The Kier molecular flexibility index (Phi) is 7.42. The van der Waals surface area contributed by atoms with E-state index >= 15 is 0 Å². The second-order valence-electron chi connectivity index (χ2n) is 10.6. The fourth-order valence-corrected chi connectivity index (χ4v) is 5.90. The summed E-state index contributed by atoms with van der Waals surface area (Å²) in [7, 11) is 0. The van der Waals surface area contributed by atoms with Gasteiger partial charge in [-0.1, -0.05) is 151 Å². The van der Waals surface area contributed by atoms with Crippen LogP contribution < -0.4 is 0 Å². The van der Waals surface area contributed by atoms with Gasteiger partial charge >= 0.3 is 0 Å². The summed E-state index contributed by atoms with van der Waals surface area (Å²) >= 11 is 0. The van der Waals surface area contributed by atoms with Crippen LogP contribution in [-0.2, 0) is 12.8 Å². The molecule has 0 heteroatoms. The molecule has 0 spiro atoms. The molecule has 194 valence electrons. The van der Waals surface area contributed by atoms with E-state index in [1.807, 2.05) is 18.2 Å². The standard InChI is InChI=1S/C19H14.C14H12.C7H8/c1-2-7-14(8-3-1)16-11-6-12-18-17-10-5-4-9-15(17)13-19(16)18;1-10-5-4-8-13-12-7-3-2-6-11(12)9-14(10)13;1-7-5-3-2-4-6-7/h1-12H,13H2;2-8H,9H2,1H3;2-6H,1H3. The third kappa shape index (κ3) is 5.26. The summed E-state index contributed by atoms with van der Waals surface area (Å²) < 4.78 is 0. The first kappa shape index (κ1) is 25.6. The molecule has 0 fully saturated rings. The second-order valence-corrected chi connectivity index (χ2v) is 10.6. The number of hydrogen-bond donors (Lipinski definition) is 0. The van der Waals surface area contributed by atoms with Gasteiger partial charge in [-0.2, -0.15) is 0 Å². The lowest BCUT2D eigenvalue weighted by atomic mass is 9.96. The minimum absolute atomic E-state index is 1.05. The van der Waals surface area contributed by atoms with Crippen LogP contribution in [0, 0.1) is 13.8 Å². The molecule has 0 saturated heterocycles. The summed E-state index contributed by atoms with van der Waals surface area (Å²) in [6, 6.07) is 51.6. The zero-order valence-electron chi connectivity index (χ0n) is 23.3. The zero-order chi connectivity index (χ0) is 27.3. The normalized spacial score (nSPS) is 11.6. The molecule has 0 amide bonds. The minimum Gasteiger partial charge on any atom is -0.0622 e. The van der Waals surface area contributed by atoms with Gasteiger partial charge in [0.15, 0.2) is 0 Å². The van der Waals surface area contributed by atoms with E-state index in [0.29, 0.717) is 0 Å². The molecule has 0 radical (unpaired) electrons. The number of aryl methyl sites for hydroxylation is 2. The highest BCUT2D eigenvalue weighted by Crippen LogP contribution is 2.41. The van der Waals surface area contributed by atoms with Gasteiger partial charge in [-0.3, -0.25) is 0 Å². The molecule has 40 heavy (non-hydrogen) atoms. The Morgan fingerprint density at radius 2 is 0.800 bits per heavy atom. The largest absolute Gasteiger partial charge is 0.0622 e. The van der Waals surface area contributed by atoms with Gasteiger partial charge in [-0.25, -0.2) is 0 Å². The van der Waals surface area contributed by atoms with Gasteiger partial charge in [0, 0.05) is 0 Å². The Hall–Kier alpha value is -4.68. The number of fused-ring (bicyclic) bond motifs is 6. The fraction of sp³-hybridized carbons (Fsp3) is 0.100. The van der Waals surface area contributed by atoms with Gasteiger partial charge in [0.25, 0.3) is 0 Å². The van der Waals surface area contributed by atoms with E-state index in [4.69, 9.17) is 0 Å². The molecule has 0 saturated carbocycles. The van der Waals surface area contributed by atoms with Crippen LogP contribution in [0.15, 0.2) is 146 Å². The molecule has 0 bridgehead atoms. The van der Waals surface area contributed by atoms with E-state index in [-0.39, 0.29) is 0 Å². The average molecular weight is 515 g/mol. The Morgan fingerprint density at radius 1 is 0.350 bits per heavy atom. The lowest BCUT2D eigenvalue weighted by molar-refractivity contribution is 1.22. The highest BCUT2D eigenvalue weighted by molar-refractivity contribution is 5.84. The van der Waals surface area contributed by atoms with E-state index in [1.54, 1.807) is 0 Å². The van der Waals surface area contributed by atoms with Crippen LogP contribution in [0.4, 0.5) is 0 Å². The summed E-state index contributed by atoms with van der Waals surface area (Å²) in [4.78, 5) is 0. The average Bonchev–Trinajstić information content (AvgIpc) is 3.58. The van der Waals surface area contributed by atoms with Gasteiger partial charge < -0.3 is 0 Å². The Morgan fingerprint density at radius 3 is 1.40 bits per heavy atom. The lowest BCUT2D eigenvalue weighted by Gasteiger charge is -2.08. The SMILES string of the molecule is Cc1cccc2c1Cc1ccccc1-2.Cc1ccccc1.c1ccc(-c2cccc3c2Cc2ccccc2-3)cc1. The third-order valence-corrected chi connectivity index (χ3v) is 7.96. The quantitative estimate of drug-likeness (QED) is 0.204. The van der Waals surface area contributed by atoms with Crippen LogP contribution in [0.25, 0.3) is 33.4 Å².